The number of amides is 1. The van der Waals surface area contributed by atoms with Crippen LogP contribution in [0.2, 0.25) is 5.02 Å². The average molecular weight is 285 g/mol. The van der Waals surface area contributed by atoms with Crippen LogP contribution >= 0.6 is 11.6 Å². The highest BCUT2D eigenvalue weighted by molar-refractivity contribution is 6.31. The zero-order valence-electron chi connectivity index (χ0n) is 11.6. The number of benzene rings is 1. The standard InChI is InChI=1S/C14H21ClN2O2/c1-4-19-13-6-5-10(15)8-12(13)17-14(18)11(16)7-9(2)3/h5-6,8-9,11H,4,7,16H2,1-3H3,(H,17,18)/t11-/m0/s1. The van der Waals surface area contributed by atoms with E-state index >= 15 is 0 Å². The molecule has 0 aliphatic carbocycles. The summed E-state index contributed by atoms with van der Waals surface area (Å²) in [4.78, 5) is 12.0. The highest BCUT2D eigenvalue weighted by atomic mass is 35.5. The molecule has 3 N–H and O–H groups in total. The lowest BCUT2D eigenvalue weighted by Crippen LogP contribution is -2.36. The Morgan fingerprint density at radius 1 is 1.47 bits per heavy atom. The van der Waals surface area contributed by atoms with Crippen molar-refractivity contribution in [2.45, 2.75) is 33.2 Å². The number of nitrogens with one attached hydrogen (secondary N) is 1. The van der Waals surface area contributed by atoms with E-state index in [-0.39, 0.29) is 5.91 Å². The molecular formula is C14H21ClN2O2. The van der Waals surface area contributed by atoms with Crippen LogP contribution in [-0.2, 0) is 4.79 Å². The van der Waals surface area contributed by atoms with Gasteiger partial charge in [0.1, 0.15) is 5.75 Å². The fourth-order valence-corrected chi connectivity index (χ4v) is 1.89. The maximum atomic E-state index is 12.0. The summed E-state index contributed by atoms with van der Waals surface area (Å²) in [5, 5.41) is 3.31. The topological polar surface area (TPSA) is 64.3 Å². The number of carbonyl (C=O) groups is 1. The molecule has 0 aliphatic heterocycles. The van der Waals surface area contributed by atoms with Crippen molar-refractivity contribution in [3.05, 3.63) is 23.2 Å². The highest BCUT2D eigenvalue weighted by Crippen LogP contribution is 2.28. The van der Waals surface area contributed by atoms with Gasteiger partial charge in [0.05, 0.1) is 18.3 Å². The van der Waals surface area contributed by atoms with Gasteiger partial charge >= 0.3 is 0 Å². The summed E-state index contributed by atoms with van der Waals surface area (Å²) in [6.07, 6.45) is 0.635. The summed E-state index contributed by atoms with van der Waals surface area (Å²) in [6.45, 7) is 6.45. The monoisotopic (exact) mass is 284 g/mol. The van der Waals surface area contributed by atoms with Crippen LogP contribution in [0.4, 0.5) is 5.69 Å². The Hall–Kier alpha value is -1.26. The molecular weight excluding hydrogens is 264 g/mol. The second kappa shape index (κ2) is 7.36. The van der Waals surface area contributed by atoms with E-state index in [0.717, 1.165) is 0 Å². The second-order valence-electron chi connectivity index (χ2n) is 4.80. The molecule has 1 atom stereocenters. The largest absolute Gasteiger partial charge is 0.492 e. The molecule has 0 fully saturated rings. The first-order valence-corrected chi connectivity index (χ1v) is 6.80. The van der Waals surface area contributed by atoms with E-state index in [2.05, 4.69) is 5.32 Å². The zero-order valence-corrected chi connectivity index (χ0v) is 12.3. The first-order chi connectivity index (χ1) is 8.93. The Kier molecular flexibility index (Phi) is 6.12. The van der Waals surface area contributed by atoms with Gasteiger partial charge < -0.3 is 15.8 Å². The first-order valence-electron chi connectivity index (χ1n) is 6.42. The molecule has 0 bridgehead atoms. The number of rotatable bonds is 6. The van der Waals surface area contributed by atoms with Crippen LogP contribution in [0.25, 0.3) is 0 Å². The van der Waals surface area contributed by atoms with Crippen molar-refractivity contribution in [3.8, 4) is 5.75 Å². The van der Waals surface area contributed by atoms with Gasteiger partial charge in [0.25, 0.3) is 0 Å². The van der Waals surface area contributed by atoms with Gasteiger partial charge in [0.2, 0.25) is 5.91 Å². The lowest BCUT2D eigenvalue weighted by Gasteiger charge is -2.16. The average Bonchev–Trinajstić information content (AvgIpc) is 2.32. The van der Waals surface area contributed by atoms with Crippen molar-refractivity contribution in [3.63, 3.8) is 0 Å². The molecule has 1 aromatic carbocycles. The number of anilines is 1. The predicted molar refractivity (Wildman–Crippen MR) is 78.7 cm³/mol. The molecule has 0 heterocycles. The van der Waals surface area contributed by atoms with E-state index in [4.69, 9.17) is 22.1 Å². The Labute approximate surface area is 119 Å². The number of nitrogens with two attached hydrogens (primary N) is 1. The molecule has 1 amide bonds. The fourth-order valence-electron chi connectivity index (χ4n) is 1.72. The van der Waals surface area contributed by atoms with Gasteiger partial charge in [0.15, 0.2) is 0 Å². The van der Waals surface area contributed by atoms with Gasteiger partial charge in [0, 0.05) is 5.02 Å². The number of hydrogen-bond donors (Lipinski definition) is 2. The van der Waals surface area contributed by atoms with Crippen molar-refractivity contribution in [1.29, 1.82) is 0 Å². The Morgan fingerprint density at radius 3 is 2.74 bits per heavy atom. The SMILES string of the molecule is CCOc1ccc(Cl)cc1NC(=O)[C@@H](N)CC(C)C. The third-order valence-corrected chi connectivity index (χ3v) is 2.80. The molecule has 1 rings (SSSR count). The van der Waals surface area contributed by atoms with Gasteiger partial charge in [-0.1, -0.05) is 25.4 Å². The minimum atomic E-state index is -0.534. The van der Waals surface area contributed by atoms with Crippen LogP contribution < -0.4 is 15.8 Å². The Morgan fingerprint density at radius 2 is 2.16 bits per heavy atom. The number of ether oxygens (including phenoxy) is 1. The molecule has 0 saturated heterocycles. The van der Waals surface area contributed by atoms with E-state index in [1.54, 1.807) is 18.2 Å². The molecule has 0 aliphatic rings. The molecule has 0 radical (unpaired) electrons. The van der Waals surface area contributed by atoms with Crippen LogP contribution in [0.3, 0.4) is 0 Å². The summed E-state index contributed by atoms with van der Waals surface area (Å²) >= 11 is 5.93. The van der Waals surface area contributed by atoms with Crippen LogP contribution in [0, 0.1) is 5.92 Å². The Bertz CT molecular complexity index is 435. The van der Waals surface area contributed by atoms with Gasteiger partial charge in [-0.05, 0) is 37.5 Å². The van der Waals surface area contributed by atoms with E-state index in [1.807, 2.05) is 20.8 Å². The first kappa shape index (κ1) is 15.8. The third kappa shape index (κ3) is 5.09. The smallest absolute Gasteiger partial charge is 0.241 e. The van der Waals surface area contributed by atoms with Gasteiger partial charge in [-0.15, -0.1) is 0 Å². The van der Waals surface area contributed by atoms with Crippen molar-refractivity contribution in [2.24, 2.45) is 11.7 Å². The van der Waals surface area contributed by atoms with Crippen molar-refractivity contribution >= 4 is 23.2 Å². The van der Waals surface area contributed by atoms with E-state index in [9.17, 15) is 4.79 Å². The zero-order chi connectivity index (χ0) is 14.4. The maximum Gasteiger partial charge on any atom is 0.241 e. The summed E-state index contributed by atoms with van der Waals surface area (Å²) in [6, 6.07) is 4.58. The fraction of sp³-hybridized carbons (Fsp3) is 0.500. The minimum absolute atomic E-state index is 0.225. The van der Waals surface area contributed by atoms with Crippen LogP contribution in [0.5, 0.6) is 5.75 Å². The van der Waals surface area contributed by atoms with Crippen LogP contribution in [-0.4, -0.2) is 18.6 Å². The quantitative estimate of drug-likeness (QED) is 0.844. The number of halogens is 1. The number of hydrogen-bond acceptors (Lipinski definition) is 3. The molecule has 0 unspecified atom stereocenters. The summed E-state index contributed by atoms with van der Waals surface area (Å²) in [5.41, 5.74) is 6.40. The summed E-state index contributed by atoms with van der Waals surface area (Å²) < 4.78 is 5.44. The van der Waals surface area contributed by atoms with Gasteiger partial charge in [-0.2, -0.15) is 0 Å². The van der Waals surface area contributed by atoms with Crippen LogP contribution in [0.1, 0.15) is 27.2 Å². The van der Waals surface area contributed by atoms with Gasteiger partial charge in [-0.3, -0.25) is 4.79 Å². The van der Waals surface area contributed by atoms with E-state index in [1.165, 1.54) is 0 Å². The lowest BCUT2D eigenvalue weighted by atomic mass is 10.0. The summed E-state index contributed by atoms with van der Waals surface area (Å²) in [7, 11) is 0. The van der Waals surface area contributed by atoms with E-state index < -0.39 is 6.04 Å². The molecule has 0 spiro atoms. The molecule has 19 heavy (non-hydrogen) atoms. The number of carbonyl (C=O) groups excluding carboxylic acids is 1. The third-order valence-electron chi connectivity index (χ3n) is 2.56. The molecule has 106 valence electrons. The summed E-state index contributed by atoms with van der Waals surface area (Å²) in [5.74, 6) is 0.736. The molecule has 5 heteroatoms. The Balaban J connectivity index is 2.80. The van der Waals surface area contributed by atoms with Crippen molar-refractivity contribution in [2.75, 3.05) is 11.9 Å². The van der Waals surface area contributed by atoms with Crippen molar-refractivity contribution in [1.82, 2.24) is 0 Å². The van der Waals surface area contributed by atoms with Crippen LogP contribution in [0.15, 0.2) is 18.2 Å². The van der Waals surface area contributed by atoms with E-state index in [0.29, 0.717) is 35.4 Å². The van der Waals surface area contributed by atoms with Gasteiger partial charge in [-0.25, -0.2) is 0 Å². The second-order valence-corrected chi connectivity index (χ2v) is 5.24. The maximum absolute atomic E-state index is 12.0. The minimum Gasteiger partial charge on any atom is -0.492 e. The molecule has 4 nitrogen and oxygen atoms in total. The predicted octanol–water partition coefficient (Wildman–Crippen LogP) is 3.05. The van der Waals surface area contributed by atoms with Crippen molar-refractivity contribution < 1.29 is 9.53 Å². The lowest BCUT2D eigenvalue weighted by molar-refractivity contribution is -0.117. The molecule has 0 aromatic heterocycles. The highest BCUT2D eigenvalue weighted by Gasteiger charge is 2.17. The molecule has 1 aromatic rings. The molecule has 0 saturated carbocycles. The normalized spacial score (nSPS) is 12.3.